The topological polar surface area (TPSA) is 131 Å². The number of rotatable bonds is 10. The second-order valence-corrected chi connectivity index (χ2v) is 10.0. The van der Waals surface area contributed by atoms with E-state index in [1.807, 2.05) is 30.3 Å². The highest BCUT2D eigenvalue weighted by Crippen LogP contribution is 2.18. The first-order valence-electron chi connectivity index (χ1n) is 11.8. The predicted molar refractivity (Wildman–Crippen MR) is 131 cm³/mol. The smallest absolute Gasteiger partial charge is 0.410 e. The van der Waals surface area contributed by atoms with Gasteiger partial charge in [-0.2, -0.15) is 4.72 Å². The van der Waals surface area contributed by atoms with E-state index in [-0.39, 0.29) is 37.1 Å². The third kappa shape index (κ3) is 7.79. The van der Waals surface area contributed by atoms with Crippen molar-refractivity contribution in [2.45, 2.75) is 37.3 Å². The third-order valence-corrected chi connectivity index (χ3v) is 7.15. The SMILES string of the molecule is CCOC(=O)[C@H](CNC(=O)[C@@H]1CCCN(C(=O)OCc2ccccc2)C1)NS(=O)(=O)c1ccccc1. The van der Waals surface area contributed by atoms with Crippen LogP contribution in [0.1, 0.15) is 25.3 Å². The molecule has 0 aromatic heterocycles. The van der Waals surface area contributed by atoms with Gasteiger partial charge in [-0.15, -0.1) is 0 Å². The van der Waals surface area contributed by atoms with Crippen molar-refractivity contribution in [1.82, 2.24) is 14.9 Å². The molecule has 1 fully saturated rings. The van der Waals surface area contributed by atoms with E-state index in [9.17, 15) is 22.8 Å². The van der Waals surface area contributed by atoms with Crippen LogP contribution in [0.15, 0.2) is 65.6 Å². The number of hydrogen-bond donors (Lipinski definition) is 2. The number of esters is 1. The quantitative estimate of drug-likeness (QED) is 0.461. The van der Waals surface area contributed by atoms with E-state index in [0.717, 1.165) is 5.56 Å². The number of carbonyl (C=O) groups excluding carboxylic acids is 3. The zero-order chi connectivity index (χ0) is 26.0. The molecule has 2 atom stereocenters. The summed E-state index contributed by atoms with van der Waals surface area (Å²) < 4.78 is 38.0. The Bertz CT molecular complexity index is 1130. The van der Waals surface area contributed by atoms with Gasteiger partial charge >= 0.3 is 12.1 Å². The second-order valence-electron chi connectivity index (χ2n) is 8.31. The van der Waals surface area contributed by atoms with Crippen molar-refractivity contribution in [3.8, 4) is 0 Å². The third-order valence-electron chi connectivity index (χ3n) is 5.66. The molecule has 2 aromatic carbocycles. The number of likely N-dealkylation sites (tertiary alicyclic amines) is 1. The van der Waals surface area contributed by atoms with E-state index < -0.39 is 34.0 Å². The molecule has 0 radical (unpaired) electrons. The molecule has 0 unspecified atom stereocenters. The first-order chi connectivity index (χ1) is 17.3. The maximum atomic E-state index is 12.8. The highest BCUT2D eigenvalue weighted by atomic mass is 32.2. The maximum absolute atomic E-state index is 12.8. The molecule has 36 heavy (non-hydrogen) atoms. The summed E-state index contributed by atoms with van der Waals surface area (Å²) in [5.41, 5.74) is 0.861. The van der Waals surface area contributed by atoms with E-state index in [1.54, 1.807) is 25.1 Å². The zero-order valence-electron chi connectivity index (χ0n) is 20.1. The zero-order valence-corrected chi connectivity index (χ0v) is 20.9. The fourth-order valence-corrected chi connectivity index (χ4v) is 4.99. The molecule has 1 aliphatic heterocycles. The van der Waals surface area contributed by atoms with Gasteiger partial charge in [0.15, 0.2) is 0 Å². The molecule has 2 aromatic rings. The number of nitrogens with zero attached hydrogens (tertiary/aromatic N) is 1. The Balaban J connectivity index is 1.56. The maximum Gasteiger partial charge on any atom is 0.410 e. The lowest BCUT2D eigenvalue weighted by Crippen LogP contribution is -2.51. The summed E-state index contributed by atoms with van der Waals surface area (Å²) in [6, 6.07) is 15.6. The number of carbonyl (C=O) groups is 3. The molecule has 0 saturated carbocycles. The Morgan fingerprint density at radius 3 is 2.36 bits per heavy atom. The van der Waals surface area contributed by atoms with Gasteiger partial charge in [-0.3, -0.25) is 9.59 Å². The van der Waals surface area contributed by atoms with Crippen LogP contribution in [-0.2, 0) is 35.7 Å². The molecule has 1 saturated heterocycles. The van der Waals surface area contributed by atoms with Gasteiger partial charge < -0.3 is 19.7 Å². The number of sulfonamides is 1. The highest BCUT2D eigenvalue weighted by molar-refractivity contribution is 7.89. The van der Waals surface area contributed by atoms with Crippen LogP contribution in [-0.4, -0.2) is 63.6 Å². The average molecular weight is 518 g/mol. The number of ether oxygens (including phenoxy) is 2. The molecule has 3 rings (SSSR count). The van der Waals surface area contributed by atoms with Gasteiger partial charge in [-0.1, -0.05) is 48.5 Å². The normalized spacial score (nSPS) is 16.6. The summed E-state index contributed by atoms with van der Waals surface area (Å²) in [5.74, 6) is -1.70. The number of benzene rings is 2. The molecule has 10 nitrogen and oxygen atoms in total. The minimum Gasteiger partial charge on any atom is -0.465 e. The van der Waals surface area contributed by atoms with Gasteiger partial charge in [0.25, 0.3) is 0 Å². The Kier molecular flexibility index (Phi) is 9.83. The highest BCUT2D eigenvalue weighted by Gasteiger charge is 2.32. The van der Waals surface area contributed by atoms with Gasteiger partial charge in [-0.25, -0.2) is 13.2 Å². The Morgan fingerprint density at radius 1 is 1.03 bits per heavy atom. The van der Waals surface area contributed by atoms with Crippen molar-refractivity contribution in [2.75, 3.05) is 26.2 Å². The fourth-order valence-electron chi connectivity index (χ4n) is 3.79. The van der Waals surface area contributed by atoms with Crippen LogP contribution < -0.4 is 10.0 Å². The Hall–Kier alpha value is -3.44. The largest absolute Gasteiger partial charge is 0.465 e. The van der Waals surface area contributed by atoms with E-state index in [4.69, 9.17) is 9.47 Å². The molecule has 0 bridgehead atoms. The summed E-state index contributed by atoms with van der Waals surface area (Å²) in [6.45, 7) is 2.14. The van der Waals surface area contributed by atoms with Crippen molar-refractivity contribution < 1.29 is 32.3 Å². The molecule has 2 amide bonds. The van der Waals surface area contributed by atoms with Crippen molar-refractivity contribution in [3.63, 3.8) is 0 Å². The molecule has 1 aliphatic rings. The first kappa shape index (κ1) is 27.2. The molecule has 11 heteroatoms. The summed E-state index contributed by atoms with van der Waals surface area (Å²) in [6.07, 6.45) is 0.658. The number of nitrogens with one attached hydrogen (secondary N) is 2. The monoisotopic (exact) mass is 517 g/mol. The summed E-state index contributed by atoms with van der Waals surface area (Å²) in [5, 5.41) is 2.64. The summed E-state index contributed by atoms with van der Waals surface area (Å²) in [4.78, 5) is 39.2. The molecular weight excluding hydrogens is 486 g/mol. The van der Waals surface area contributed by atoms with Crippen LogP contribution in [0.2, 0.25) is 0 Å². The molecular formula is C25H31N3O7S. The minimum absolute atomic E-state index is 0.0115. The summed E-state index contributed by atoms with van der Waals surface area (Å²) >= 11 is 0. The minimum atomic E-state index is -4.02. The van der Waals surface area contributed by atoms with Crippen LogP contribution in [0.3, 0.4) is 0 Å². The van der Waals surface area contributed by atoms with Gasteiger partial charge in [0, 0.05) is 19.6 Å². The second kappa shape index (κ2) is 13.0. The molecule has 0 aliphatic carbocycles. The van der Waals surface area contributed by atoms with Crippen molar-refractivity contribution >= 4 is 28.0 Å². The van der Waals surface area contributed by atoms with Gasteiger partial charge in [0.2, 0.25) is 15.9 Å². The van der Waals surface area contributed by atoms with E-state index >= 15 is 0 Å². The van der Waals surface area contributed by atoms with E-state index in [0.29, 0.717) is 19.4 Å². The number of piperidine rings is 1. The molecule has 194 valence electrons. The molecule has 0 spiro atoms. The van der Waals surface area contributed by atoms with Gasteiger partial charge in [0.05, 0.1) is 17.4 Å². The van der Waals surface area contributed by atoms with Crippen LogP contribution >= 0.6 is 0 Å². The Morgan fingerprint density at radius 2 is 1.69 bits per heavy atom. The van der Waals surface area contributed by atoms with Crippen LogP contribution in [0.5, 0.6) is 0 Å². The van der Waals surface area contributed by atoms with Crippen molar-refractivity contribution in [3.05, 3.63) is 66.2 Å². The lowest BCUT2D eigenvalue weighted by atomic mass is 9.97. The number of hydrogen-bond acceptors (Lipinski definition) is 7. The average Bonchev–Trinajstić information content (AvgIpc) is 2.90. The molecule has 2 N–H and O–H groups in total. The molecule has 1 heterocycles. The first-order valence-corrected chi connectivity index (χ1v) is 13.3. The predicted octanol–water partition coefficient (Wildman–Crippen LogP) is 2.06. The van der Waals surface area contributed by atoms with Crippen LogP contribution in [0.4, 0.5) is 4.79 Å². The van der Waals surface area contributed by atoms with Crippen LogP contribution in [0.25, 0.3) is 0 Å². The standard InChI is InChI=1S/C25H31N3O7S/c1-2-34-24(30)22(27-36(32,33)21-13-7-4-8-14-21)16-26-23(29)20-12-9-15-28(17-20)25(31)35-18-19-10-5-3-6-11-19/h3-8,10-11,13-14,20,22,27H,2,9,12,15-18H2,1H3,(H,26,29)/t20-,22+/m1/s1. The lowest BCUT2D eigenvalue weighted by Gasteiger charge is -2.31. The fraction of sp³-hybridized carbons (Fsp3) is 0.400. The van der Waals surface area contributed by atoms with E-state index in [1.165, 1.54) is 17.0 Å². The van der Waals surface area contributed by atoms with E-state index in [2.05, 4.69) is 10.0 Å². The van der Waals surface area contributed by atoms with Crippen molar-refractivity contribution in [2.24, 2.45) is 5.92 Å². The van der Waals surface area contributed by atoms with Gasteiger partial charge in [0.1, 0.15) is 12.6 Å². The van der Waals surface area contributed by atoms with Crippen LogP contribution in [0, 0.1) is 5.92 Å². The summed E-state index contributed by atoms with van der Waals surface area (Å²) in [7, 11) is -4.02. The number of amides is 2. The van der Waals surface area contributed by atoms with Gasteiger partial charge in [-0.05, 0) is 37.5 Å². The Labute approximate surface area is 211 Å². The van der Waals surface area contributed by atoms with Crippen molar-refractivity contribution in [1.29, 1.82) is 0 Å². The lowest BCUT2D eigenvalue weighted by molar-refractivity contribution is -0.145.